The lowest BCUT2D eigenvalue weighted by atomic mass is 10.1. The molecule has 33 heavy (non-hydrogen) atoms. The zero-order valence-corrected chi connectivity index (χ0v) is 19.8. The number of hydrogen-bond acceptors (Lipinski definition) is 11. The van der Waals surface area contributed by atoms with Gasteiger partial charge in [0.05, 0.1) is 16.8 Å². The first-order chi connectivity index (χ1) is 15.6. The maximum absolute atomic E-state index is 12.6. The monoisotopic (exact) mass is 510 g/mol. The summed E-state index contributed by atoms with van der Waals surface area (Å²) in [7, 11) is -4.94. The van der Waals surface area contributed by atoms with Crippen molar-refractivity contribution in [1.82, 2.24) is 30.0 Å². The molecule has 12 nitrogen and oxygen atoms in total. The van der Waals surface area contributed by atoms with Crippen LogP contribution in [0.15, 0.2) is 45.7 Å². The summed E-state index contributed by atoms with van der Waals surface area (Å²) < 4.78 is 53.9. The van der Waals surface area contributed by atoms with Crippen molar-refractivity contribution in [3.8, 4) is 11.1 Å². The summed E-state index contributed by atoms with van der Waals surface area (Å²) in [6.07, 6.45) is 2.71. The average molecular weight is 511 g/mol. The fraction of sp³-hybridized carbons (Fsp3) is 0.222. The number of aromatic nitrogens is 4. The van der Waals surface area contributed by atoms with Gasteiger partial charge >= 0.3 is 0 Å². The highest BCUT2D eigenvalue weighted by molar-refractivity contribution is 7.91. The Morgan fingerprint density at radius 3 is 2.64 bits per heavy atom. The standard InChI is InChI=1S/C18H18N6O6S3/c1-24-6-5-11(8-15(24)25)10-3-4-13-12(7-10)20-18(31-13)16(33(2,28)29)17-22-21-14(30-17)9-19-23-32(26)27/h3-8,16,19,32H,9H2,1-2H3,(H,23,26,27). The van der Waals surface area contributed by atoms with Crippen molar-refractivity contribution in [3.05, 3.63) is 63.7 Å². The van der Waals surface area contributed by atoms with E-state index < -0.39 is 26.0 Å². The molecule has 0 fully saturated rings. The molecule has 0 aliphatic rings. The van der Waals surface area contributed by atoms with Crippen LogP contribution in [-0.2, 0) is 34.3 Å². The van der Waals surface area contributed by atoms with Crippen LogP contribution in [0.5, 0.6) is 0 Å². The fourth-order valence-electron chi connectivity index (χ4n) is 3.06. The van der Waals surface area contributed by atoms with Crippen molar-refractivity contribution in [1.29, 1.82) is 0 Å². The van der Waals surface area contributed by atoms with Crippen molar-refractivity contribution in [3.63, 3.8) is 0 Å². The van der Waals surface area contributed by atoms with E-state index in [-0.39, 0.29) is 28.9 Å². The number of nitrogens with one attached hydrogen (secondary N) is 2. The van der Waals surface area contributed by atoms with E-state index >= 15 is 0 Å². The third kappa shape index (κ3) is 5.17. The SMILES string of the molecule is Cn1ccc(-c2ccc3sc(C(c4nnc(CNN[SH](=O)=O)o4)S(C)(=O)=O)nc3c2)cc1=O. The fourth-order valence-corrected chi connectivity index (χ4v) is 5.74. The molecule has 0 saturated carbocycles. The summed E-state index contributed by atoms with van der Waals surface area (Å²) >= 11 is 1.18. The molecule has 1 atom stereocenters. The van der Waals surface area contributed by atoms with Crippen LogP contribution < -0.4 is 15.8 Å². The molecule has 0 spiro atoms. The molecule has 15 heteroatoms. The Balaban J connectivity index is 1.69. The summed E-state index contributed by atoms with van der Waals surface area (Å²) in [4.78, 5) is 18.4. The molecule has 3 aromatic heterocycles. The summed E-state index contributed by atoms with van der Waals surface area (Å²) in [6, 6.07) is 8.74. The minimum Gasteiger partial charge on any atom is -0.422 e. The van der Waals surface area contributed by atoms with E-state index in [1.807, 2.05) is 17.0 Å². The van der Waals surface area contributed by atoms with Crippen molar-refractivity contribution in [2.24, 2.45) is 7.05 Å². The van der Waals surface area contributed by atoms with Gasteiger partial charge in [0.25, 0.3) is 5.56 Å². The van der Waals surface area contributed by atoms with Gasteiger partial charge in [-0.2, -0.15) is 4.83 Å². The second kappa shape index (κ2) is 9.11. The van der Waals surface area contributed by atoms with Crippen molar-refractivity contribution in [2.45, 2.75) is 11.8 Å². The van der Waals surface area contributed by atoms with Crippen molar-refractivity contribution < 1.29 is 21.3 Å². The Bertz CT molecular complexity index is 1560. The zero-order valence-electron chi connectivity index (χ0n) is 17.3. The van der Waals surface area contributed by atoms with Gasteiger partial charge in [0.2, 0.25) is 22.7 Å². The van der Waals surface area contributed by atoms with E-state index in [2.05, 4.69) is 20.6 Å². The van der Waals surface area contributed by atoms with E-state index in [1.165, 1.54) is 22.0 Å². The van der Waals surface area contributed by atoms with Crippen LogP contribution in [0.25, 0.3) is 21.3 Å². The molecule has 0 aliphatic heterocycles. The molecule has 0 aliphatic carbocycles. The summed E-state index contributed by atoms with van der Waals surface area (Å²) in [5, 5.41) is 6.55. The van der Waals surface area contributed by atoms with E-state index in [4.69, 9.17) is 4.42 Å². The molecule has 4 rings (SSSR count). The maximum Gasteiger partial charge on any atom is 0.250 e. The molecule has 0 amide bonds. The topological polar surface area (TPSA) is 166 Å². The second-order valence-corrected chi connectivity index (χ2v) is 11.0. The van der Waals surface area contributed by atoms with E-state index in [0.29, 0.717) is 5.52 Å². The van der Waals surface area contributed by atoms with Crippen LogP contribution in [0.4, 0.5) is 0 Å². The third-order valence-corrected chi connectivity index (χ3v) is 7.48. The largest absolute Gasteiger partial charge is 0.422 e. The van der Waals surface area contributed by atoms with Gasteiger partial charge in [0.15, 0.2) is 15.1 Å². The molecule has 3 heterocycles. The Hall–Kier alpha value is -2.98. The Labute approximate surface area is 193 Å². The molecule has 4 aromatic rings. The number of benzene rings is 1. The van der Waals surface area contributed by atoms with Crippen LogP contribution in [0, 0.1) is 0 Å². The number of rotatable bonds is 8. The number of fused-ring (bicyclic) bond motifs is 1. The molecule has 2 N–H and O–H groups in total. The van der Waals surface area contributed by atoms with Crippen LogP contribution in [0.1, 0.15) is 22.0 Å². The highest BCUT2D eigenvalue weighted by atomic mass is 32.2. The van der Waals surface area contributed by atoms with E-state index in [0.717, 1.165) is 22.1 Å². The average Bonchev–Trinajstić information content (AvgIpc) is 3.35. The number of aryl methyl sites for hydroxylation is 1. The first-order valence-corrected chi connectivity index (χ1v) is 13.3. The Morgan fingerprint density at radius 1 is 1.18 bits per heavy atom. The number of hydrogen-bond donors (Lipinski definition) is 3. The summed E-state index contributed by atoms with van der Waals surface area (Å²) in [6.45, 7) is -0.132. The third-order valence-electron chi connectivity index (χ3n) is 4.61. The second-order valence-electron chi connectivity index (χ2n) is 7.07. The molecule has 1 unspecified atom stereocenters. The zero-order chi connectivity index (χ0) is 23.8. The lowest BCUT2D eigenvalue weighted by Crippen LogP contribution is -2.29. The Morgan fingerprint density at radius 2 is 1.94 bits per heavy atom. The lowest BCUT2D eigenvalue weighted by Gasteiger charge is -2.07. The highest BCUT2D eigenvalue weighted by Gasteiger charge is 2.33. The number of thiol groups is 1. The van der Waals surface area contributed by atoms with Crippen molar-refractivity contribution in [2.75, 3.05) is 6.26 Å². The minimum atomic E-state index is -3.74. The number of pyridine rings is 1. The van der Waals surface area contributed by atoms with Crippen LogP contribution in [-0.4, -0.2) is 42.8 Å². The molecular formula is C18H18N6O6S3. The van der Waals surface area contributed by atoms with Crippen molar-refractivity contribution >= 4 is 42.3 Å². The molecule has 0 bridgehead atoms. The highest BCUT2D eigenvalue weighted by Crippen LogP contribution is 2.36. The number of sulfone groups is 1. The Kier molecular flexibility index (Phi) is 6.40. The molecule has 0 radical (unpaired) electrons. The van der Waals surface area contributed by atoms with Crippen LogP contribution in [0.2, 0.25) is 0 Å². The summed E-state index contributed by atoms with van der Waals surface area (Å²) in [5.41, 5.74) is 4.25. The lowest BCUT2D eigenvalue weighted by molar-refractivity contribution is 0.429. The quantitative estimate of drug-likeness (QED) is 0.222. The number of thiazole rings is 1. The molecular weight excluding hydrogens is 492 g/mol. The van der Waals surface area contributed by atoms with Gasteiger partial charge in [-0.05, 0) is 29.3 Å². The predicted molar refractivity (Wildman–Crippen MR) is 122 cm³/mol. The van der Waals surface area contributed by atoms with E-state index in [9.17, 15) is 21.6 Å². The molecule has 1 aromatic carbocycles. The van der Waals surface area contributed by atoms with Gasteiger partial charge in [0.1, 0.15) is 5.01 Å². The maximum atomic E-state index is 12.6. The van der Waals surface area contributed by atoms with Gasteiger partial charge in [0, 0.05) is 25.6 Å². The van der Waals surface area contributed by atoms with Gasteiger partial charge in [-0.25, -0.2) is 27.2 Å². The molecule has 174 valence electrons. The predicted octanol–water partition coefficient (Wildman–Crippen LogP) is 0.300. The van der Waals surface area contributed by atoms with Gasteiger partial charge in [-0.1, -0.05) is 6.07 Å². The van der Waals surface area contributed by atoms with Gasteiger partial charge in [-0.15, -0.1) is 21.5 Å². The normalized spacial score (nSPS) is 13.1. The number of hydrazine groups is 1. The van der Waals surface area contributed by atoms with Gasteiger partial charge in [-0.3, -0.25) is 4.79 Å². The van der Waals surface area contributed by atoms with E-state index in [1.54, 1.807) is 25.4 Å². The smallest absolute Gasteiger partial charge is 0.250 e. The first kappa shape index (κ1) is 23.2. The van der Waals surface area contributed by atoms with Crippen LogP contribution >= 0.6 is 11.3 Å². The minimum absolute atomic E-state index is 0.00273. The number of nitrogens with zero attached hydrogens (tertiary/aromatic N) is 4. The molecule has 0 saturated heterocycles. The van der Waals surface area contributed by atoms with Crippen LogP contribution in [0.3, 0.4) is 0 Å². The first-order valence-electron chi connectivity index (χ1n) is 9.33. The summed E-state index contributed by atoms with van der Waals surface area (Å²) in [5.74, 6) is -0.177. The van der Waals surface area contributed by atoms with Gasteiger partial charge < -0.3 is 8.98 Å².